The lowest BCUT2D eigenvalue weighted by Crippen LogP contribution is -2.37. The van der Waals surface area contributed by atoms with E-state index in [0.717, 1.165) is 52.4 Å². The number of hydrogen-bond acceptors (Lipinski definition) is 3. The van der Waals surface area contributed by atoms with Crippen LogP contribution in [0, 0.1) is 0 Å². The van der Waals surface area contributed by atoms with E-state index in [-0.39, 0.29) is 0 Å². The highest BCUT2D eigenvalue weighted by Gasteiger charge is 2.01. The lowest BCUT2D eigenvalue weighted by Gasteiger charge is -2.21. The molecule has 3 nitrogen and oxygen atoms in total. The maximum atomic E-state index is 3.77. The Bertz CT molecular complexity index is 215. The molecule has 0 fully saturated rings. The maximum Gasteiger partial charge on any atom is 0.0164 e. The minimum absolute atomic E-state index is 0.909. The average molecular weight is 263 g/mol. The fraction of sp³-hybridized carbons (Fsp3) is 0.500. The number of nitrogens with one attached hydrogen (secondary N) is 1. The molecule has 0 aliphatic carbocycles. The van der Waals surface area contributed by atoms with E-state index in [1.54, 1.807) is 0 Å². The van der Waals surface area contributed by atoms with Gasteiger partial charge in [0.05, 0.1) is 0 Å². The highest BCUT2D eigenvalue weighted by molar-refractivity contribution is 4.81. The fourth-order valence-corrected chi connectivity index (χ4v) is 1.84. The van der Waals surface area contributed by atoms with E-state index in [1.165, 1.54) is 0 Å². The van der Waals surface area contributed by atoms with E-state index < -0.39 is 0 Å². The lowest BCUT2D eigenvalue weighted by atomic mass is 10.4. The van der Waals surface area contributed by atoms with Gasteiger partial charge in [-0.3, -0.25) is 9.80 Å². The first kappa shape index (κ1) is 17.8. The van der Waals surface area contributed by atoms with Crippen LogP contribution in [0.2, 0.25) is 0 Å². The van der Waals surface area contributed by atoms with Gasteiger partial charge in [-0.25, -0.2) is 0 Å². The van der Waals surface area contributed by atoms with E-state index in [0.29, 0.717) is 0 Å². The molecule has 0 rings (SSSR count). The minimum atomic E-state index is 0.909. The van der Waals surface area contributed by atoms with Crippen LogP contribution in [-0.2, 0) is 0 Å². The molecule has 0 bridgehead atoms. The molecule has 0 amide bonds. The third kappa shape index (κ3) is 10.4. The fourth-order valence-electron chi connectivity index (χ4n) is 1.84. The van der Waals surface area contributed by atoms with Crippen molar-refractivity contribution in [3.8, 4) is 0 Å². The first-order chi connectivity index (χ1) is 9.28. The second-order valence-electron chi connectivity index (χ2n) is 4.42. The summed E-state index contributed by atoms with van der Waals surface area (Å²) in [6.07, 6.45) is 7.72. The molecule has 0 unspecified atom stereocenters. The van der Waals surface area contributed by atoms with Crippen molar-refractivity contribution in [1.29, 1.82) is 0 Å². The number of hydrogen-bond donors (Lipinski definition) is 1. The summed E-state index contributed by atoms with van der Waals surface area (Å²) in [7, 11) is 0. The van der Waals surface area contributed by atoms with Crippen molar-refractivity contribution in [3.63, 3.8) is 0 Å². The van der Waals surface area contributed by atoms with Crippen LogP contribution >= 0.6 is 0 Å². The molecule has 1 N–H and O–H groups in total. The Kier molecular flexibility index (Phi) is 12.5. The van der Waals surface area contributed by atoms with Gasteiger partial charge in [0.1, 0.15) is 0 Å². The molecular formula is C16H29N3. The molecule has 0 aromatic heterocycles. The van der Waals surface area contributed by atoms with Gasteiger partial charge in [0.2, 0.25) is 0 Å². The van der Waals surface area contributed by atoms with Gasteiger partial charge in [-0.1, -0.05) is 24.3 Å². The second-order valence-corrected chi connectivity index (χ2v) is 4.42. The molecular weight excluding hydrogens is 234 g/mol. The number of rotatable bonds is 14. The van der Waals surface area contributed by atoms with Gasteiger partial charge in [-0.15, -0.1) is 26.3 Å². The van der Waals surface area contributed by atoms with Gasteiger partial charge < -0.3 is 5.32 Å². The molecule has 0 aliphatic rings. The molecule has 0 saturated carbocycles. The summed E-state index contributed by atoms with van der Waals surface area (Å²) < 4.78 is 0. The monoisotopic (exact) mass is 263 g/mol. The Hall–Kier alpha value is -1.16. The van der Waals surface area contributed by atoms with Gasteiger partial charge in [0.25, 0.3) is 0 Å². The molecule has 19 heavy (non-hydrogen) atoms. The molecule has 0 aliphatic heterocycles. The van der Waals surface area contributed by atoms with Crippen LogP contribution in [0.4, 0.5) is 0 Å². The first-order valence-electron chi connectivity index (χ1n) is 6.87. The average Bonchev–Trinajstić information content (AvgIpc) is 2.39. The smallest absolute Gasteiger partial charge is 0.0164 e. The zero-order chi connectivity index (χ0) is 14.3. The van der Waals surface area contributed by atoms with Gasteiger partial charge in [0, 0.05) is 52.4 Å². The third-order valence-corrected chi connectivity index (χ3v) is 2.76. The SMILES string of the molecule is C=CCN(CC=C)CCNCCN(CC=C)CC=C. The van der Waals surface area contributed by atoms with Crippen LogP contribution in [0.15, 0.2) is 50.6 Å². The van der Waals surface area contributed by atoms with E-state index in [4.69, 9.17) is 0 Å². The van der Waals surface area contributed by atoms with Crippen molar-refractivity contribution in [2.75, 3.05) is 52.4 Å². The highest BCUT2D eigenvalue weighted by Crippen LogP contribution is 1.89. The normalized spacial score (nSPS) is 10.6. The van der Waals surface area contributed by atoms with Crippen LogP contribution in [0.25, 0.3) is 0 Å². The summed E-state index contributed by atoms with van der Waals surface area (Å²) in [6.45, 7) is 22.7. The van der Waals surface area contributed by atoms with Crippen LogP contribution < -0.4 is 5.32 Å². The summed E-state index contributed by atoms with van der Waals surface area (Å²) >= 11 is 0. The molecule has 0 radical (unpaired) electrons. The van der Waals surface area contributed by atoms with Crippen LogP contribution in [0.3, 0.4) is 0 Å². The Morgan fingerprint density at radius 1 is 0.632 bits per heavy atom. The summed E-state index contributed by atoms with van der Waals surface area (Å²) in [5.41, 5.74) is 0. The van der Waals surface area contributed by atoms with Gasteiger partial charge >= 0.3 is 0 Å². The summed E-state index contributed by atoms with van der Waals surface area (Å²) in [5, 5.41) is 3.46. The minimum Gasteiger partial charge on any atom is -0.314 e. The number of nitrogens with zero attached hydrogens (tertiary/aromatic N) is 2. The Morgan fingerprint density at radius 2 is 0.947 bits per heavy atom. The quantitative estimate of drug-likeness (QED) is 0.381. The van der Waals surface area contributed by atoms with Crippen molar-refractivity contribution < 1.29 is 0 Å². The van der Waals surface area contributed by atoms with Crippen molar-refractivity contribution in [2.45, 2.75) is 0 Å². The van der Waals surface area contributed by atoms with E-state index in [1.807, 2.05) is 24.3 Å². The van der Waals surface area contributed by atoms with Crippen molar-refractivity contribution in [1.82, 2.24) is 15.1 Å². The second kappa shape index (κ2) is 13.3. The Morgan fingerprint density at radius 3 is 1.21 bits per heavy atom. The molecule has 3 heteroatoms. The largest absolute Gasteiger partial charge is 0.314 e. The van der Waals surface area contributed by atoms with Crippen molar-refractivity contribution >= 4 is 0 Å². The lowest BCUT2D eigenvalue weighted by molar-refractivity contribution is 0.311. The Labute approximate surface area is 119 Å². The Balaban J connectivity index is 3.70. The predicted molar refractivity (Wildman–Crippen MR) is 86.5 cm³/mol. The maximum absolute atomic E-state index is 3.77. The van der Waals surface area contributed by atoms with Gasteiger partial charge in [-0.05, 0) is 0 Å². The van der Waals surface area contributed by atoms with E-state index >= 15 is 0 Å². The predicted octanol–water partition coefficient (Wildman–Crippen LogP) is 1.92. The molecule has 0 heterocycles. The molecule has 0 aromatic carbocycles. The molecule has 0 atom stereocenters. The van der Waals surface area contributed by atoms with Crippen LogP contribution in [0.5, 0.6) is 0 Å². The summed E-state index contributed by atoms with van der Waals surface area (Å²) in [6, 6.07) is 0. The molecule has 0 aromatic rings. The standard InChI is InChI=1S/C16H29N3/c1-5-11-18(12-6-2)15-9-17-10-16-19(13-7-3)14-8-4/h5-8,17H,1-4,9-16H2. The van der Waals surface area contributed by atoms with Crippen molar-refractivity contribution in [3.05, 3.63) is 50.6 Å². The zero-order valence-corrected chi connectivity index (χ0v) is 12.2. The molecule has 108 valence electrons. The highest BCUT2D eigenvalue weighted by atomic mass is 15.1. The third-order valence-electron chi connectivity index (χ3n) is 2.76. The van der Waals surface area contributed by atoms with Crippen LogP contribution in [0.1, 0.15) is 0 Å². The van der Waals surface area contributed by atoms with Crippen molar-refractivity contribution in [2.24, 2.45) is 0 Å². The molecule has 0 saturated heterocycles. The first-order valence-corrected chi connectivity index (χ1v) is 6.87. The van der Waals surface area contributed by atoms with Gasteiger partial charge in [0.15, 0.2) is 0 Å². The summed E-state index contributed by atoms with van der Waals surface area (Å²) in [5.74, 6) is 0. The van der Waals surface area contributed by atoms with Gasteiger partial charge in [-0.2, -0.15) is 0 Å². The van der Waals surface area contributed by atoms with E-state index in [9.17, 15) is 0 Å². The van der Waals surface area contributed by atoms with Crippen LogP contribution in [-0.4, -0.2) is 62.2 Å². The topological polar surface area (TPSA) is 18.5 Å². The molecule has 0 spiro atoms. The summed E-state index contributed by atoms with van der Waals surface area (Å²) in [4.78, 5) is 4.61. The van der Waals surface area contributed by atoms with E-state index in [2.05, 4.69) is 41.4 Å². The zero-order valence-electron chi connectivity index (χ0n) is 12.2.